The van der Waals surface area contributed by atoms with E-state index < -0.39 is 12.1 Å². The third-order valence-corrected chi connectivity index (χ3v) is 4.40. The van der Waals surface area contributed by atoms with Crippen LogP contribution in [0.4, 0.5) is 0 Å². The number of esters is 1. The molecule has 0 aliphatic carbocycles. The number of rotatable bonds is 7. The zero-order chi connectivity index (χ0) is 19.9. The summed E-state index contributed by atoms with van der Waals surface area (Å²) in [5, 5.41) is 7.01. The average molecular weight is 377 g/mol. The summed E-state index contributed by atoms with van der Waals surface area (Å²) in [4.78, 5) is 24.7. The molecule has 6 heteroatoms. The summed E-state index contributed by atoms with van der Waals surface area (Å²) in [7, 11) is 0. The number of hydrogen-bond acceptors (Lipinski definition) is 4. The summed E-state index contributed by atoms with van der Waals surface area (Å²) in [5.74, 6) is -0.861. The largest absolute Gasteiger partial charge is 0.449 e. The first kappa shape index (κ1) is 19.4. The van der Waals surface area contributed by atoms with Gasteiger partial charge in [-0.2, -0.15) is 5.10 Å². The summed E-state index contributed by atoms with van der Waals surface area (Å²) in [5.41, 5.74) is 2.41. The average Bonchev–Trinajstić information content (AvgIpc) is 3.22. The molecule has 1 N–H and O–H groups in total. The van der Waals surface area contributed by atoms with Gasteiger partial charge in [0.05, 0.1) is 18.2 Å². The first-order valence-electron chi connectivity index (χ1n) is 9.15. The SMILES string of the molecule is CC(OC(=O)c1ccc(Cn2cccn2)cc1)C(=O)NC(C)c1ccccc1. The third kappa shape index (κ3) is 5.07. The minimum Gasteiger partial charge on any atom is -0.449 e. The summed E-state index contributed by atoms with van der Waals surface area (Å²) in [6.07, 6.45) is 2.71. The van der Waals surface area contributed by atoms with E-state index in [2.05, 4.69) is 10.4 Å². The van der Waals surface area contributed by atoms with Crippen LogP contribution in [0.15, 0.2) is 73.1 Å². The van der Waals surface area contributed by atoms with Crippen LogP contribution in [0, 0.1) is 0 Å². The zero-order valence-corrected chi connectivity index (χ0v) is 15.9. The standard InChI is InChI=1S/C22H23N3O3/c1-16(19-7-4-3-5-8-19)24-21(26)17(2)28-22(27)20-11-9-18(10-12-20)15-25-14-6-13-23-25/h3-14,16-17H,15H2,1-2H3,(H,24,26). The van der Waals surface area contributed by atoms with Crippen LogP contribution in [0.25, 0.3) is 0 Å². The first-order chi connectivity index (χ1) is 13.5. The van der Waals surface area contributed by atoms with Crippen molar-refractivity contribution < 1.29 is 14.3 Å². The van der Waals surface area contributed by atoms with E-state index in [0.717, 1.165) is 11.1 Å². The molecule has 2 atom stereocenters. The molecule has 0 aliphatic rings. The van der Waals surface area contributed by atoms with E-state index in [1.165, 1.54) is 0 Å². The van der Waals surface area contributed by atoms with Crippen LogP contribution in [-0.4, -0.2) is 27.8 Å². The van der Waals surface area contributed by atoms with Crippen LogP contribution in [0.5, 0.6) is 0 Å². The molecule has 6 nitrogen and oxygen atoms in total. The highest BCUT2D eigenvalue weighted by molar-refractivity contribution is 5.92. The highest BCUT2D eigenvalue weighted by atomic mass is 16.5. The Labute approximate surface area is 164 Å². The lowest BCUT2D eigenvalue weighted by Gasteiger charge is -2.18. The van der Waals surface area contributed by atoms with Gasteiger partial charge < -0.3 is 10.1 Å². The van der Waals surface area contributed by atoms with Crippen molar-refractivity contribution in [3.05, 3.63) is 89.7 Å². The predicted octanol–water partition coefficient (Wildman–Crippen LogP) is 3.35. The normalized spacial score (nSPS) is 12.8. The van der Waals surface area contributed by atoms with Gasteiger partial charge >= 0.3 is 5.97 Å². The molecule has 144 valence electrons. The highest BCUT2D eigenvalue weighted by Crippen LogP contribution is 2.13. The number of aromatic nitrogens is 2. The Bertz CT molecular complexity index is 906. The van der Waals surface area contributed by atoms with Crippen LogP contribution < -0.4 is 5.32 Å². The van der Waals surface area contributed by atoms with Crippen LogP contribution in [0.1, 0.15) is 41.4 Å². The van der Waals surface area contributed by atoms with E-state index in [1.807, 2.05) is 61.7 Å². The Morgan fingerprint density at radius 1 is 1.04 bits per heavy atom. The lowest BCUT2D eigenvalue weighted by Crippen LogP contribution is -2.37. The number of amides is 1. The number of nitrogens with zero attached hydrogens (tertiary/aromatic N) is 2. The number of benzene rings is 2. The first-order valence-corrected chi connectivity index (χ1v) is 9.15. The highest BCUT2D eigenvalue weighted by Gasteiger charge is 2.20. The maximum Gasteiger partial charge on any atom is 0.338 e. The Kier molecular flexibility index (Phi) is 6.22. The molecule has 1 heterocycles. The molecule has 2 unspecified atom stereocenters. The van der Waals surface area contributed by atoms with Crippen molar-refractivity contribution in [3.8, 4) is 0 Å². The minimum atomic E-state index is -0.887. The monoisotopic (exact) mass is 377 g/mol. The predicted molar refractivity (Wildman–Crippen MR) is 106 cm³/mol. The molecular weight excluding hydrogens is 354 g/mol. The van der Waals surface area contributed by atoms with Crippen LogP contribution in [0.3, 0.4) is 0 Å². The number of carbonyl (C=O) groups excluding carboxylic acids is 2. The topological polar surface area (TPSA) is 73.2 Å². The molecule has 0 fully saturated rings. The van der Waals surface area contributed by atoms with Crippen LogP contribution >= 0.6 is 0 Å². The fourth-order valence-corrected chi connectivity index (χ4v) is 2.77. The maximum atomic E-state index is 12.3. The number of ether oxygens (including phenoxy) is 1. The summed E-state index contributed by atoms with van der Waals surface area (Å²) >= 11 is 0. The number of carbonyl (C=O) groups is 2. The van der Waals surface area contributed by atoms with Gasteiger partial charge in [-0.1, -0.05) is 42.5 Å². The number of hydrogen-bond donors (Lipinski definition) is 1. The van der Waals surface area contributed by atoms with Gasteiger partial charge in [0.2, 0.25) is 0 Å². The van der Waals surface area contributed by atoms with E-state index in [1.54, 1.807) is 29.9 Å². The molecule has 0 saturated heterocycles. The van der Waals surface area contributed by atoms with Gasteiger partial charge in [0.25, 0.3) is 5.91 Å². The second kappa shape index (κ2) is 8.99. The zero-order valence-electron chi connectivity index (χ0n) is 15.9. The molecule has 3 aromatic rings. The van der Waals surface area contributed by atoms with E-state index in [0.29, 0.717) is 12.1 Å². The molecule has 28 heavy (non-hydrogen) atoms. The Hall–Kier alpha value is -3.41. The van der Waals surface area contributed by atoms with Crippen molar-refractivity contribution in [2.75, 3.05) is 0 Å². The summed E-state index contributed by atoms with van der Waals surface area (Å²) in [6, 6.07) is 18.4. The minimum absolute atomic E-state index is 0.170. The molecule has 0 saturated carbocycles. The fraction of sp³-hybridized carbons (Fsp3) is 0.227. The van der Waals surface area contributed by atoms with Crippen molar-refractivity contribution >= 4 is 11.9 Å². The Morgan fingerprint density at radius 2 is 1.75 bits per heavy atom. The Morgan fingerprint density at radius 3 is 2.39 bits per heavy atom. The molecule has 0 spiro atoms. The second-order valence-electron chi connectivity index (χ2n) is 6.59. The molecule has 1 amide bonds. The quantitative estimate of drug-likeness (QED) is 0.641. The maximum absolute atomic E-state index is 12.3. The van der Waals surface area contributed by atoms with Crippen LogP contribution in [0.2, 0.25) is 0 Å². The second-order valence-corrected chi connectivity index (χ2v) is 6.59. The van der Waals surface area contributed by atoms with Crippen molar-refractivity contribution in [2.45, 2.75) is 32.5 Å². The molecule has 0 radical (unpaired) electrons. The van der Waals surface area contributed by atoms with E-state index in [9.17, 15) is 9.59 Å². The fourth-order valence-electron chi connectivity index (χ4n) is 2.77. The third-order valence-electron chi connectivity index (χ3n) is 4.40. The van der Waals surface area contributed by atoms with E-state index >= 15 is 0 Å². The van der Waals surface area contributed by atoms with E-state index in [-0.39, 0.29) is 11.9 Å². The molecule has 3 rings (SSSR count). The van der Waals surface area contributed by atoms with Crippen molar-refractivity contribution in [2.24, 2.45) is 0 Å². The molecular formula is C22H23N3O3. The van der Waals surface area contributed by atoms with Gasteiger partial charge in [0, 0.05) is 12.4 Å². The van der Waals surface area contributed by atoms with Gasteiger partial charge in [-0.3, -0.25) is 9.48 Å². The summed E-state index contributed by atoms with van der Waals surface area (Å²) in [6.45, 7) is 4.08. The molecule has 2 aromatic carbocycles. The van der Waals surface area contributed by atoms with E-state index in [4.69, 9.17) is 4.74 Å². The van der Waals surface area contributed by atoms with Crippen molar-refractivity contribution in [1.82, 2.24) is 15.1 Å². The number of nitrogens with one attached hydrogen (secondary N) is 1. The van der Waals surface area contributed by atoms with Gasteiger partial charge in [0.1, 0.15) is 0 Å². The summed E-state index contributed by atoms with van der Waals surface area (Å²) < 4.78 is 7.11. The smallest absolute Gasteiger partial charge is 0.338 e. The lowest BCUT2D eigenvalue weighted by atomic mass is 10.1. The van der Waals surface area contributed by atoms with Crippen molar-refractivity contribution in [1.29, 1.82) is 0 Å². The van der Waals surface area contributed by atoms with Crippen LogP contribution in [-0.2, 0) is 16.1 Å². The van der Waals surface area contributed by atoms with Gasteiger partial charge in [0.15, 0.2) is 6.10 Å². The Balaban J connectivity index is 1.53. The lowest BCUT2D eigenvalue weighted by molar-refractivity contribution is -0.129. The van der Waals surface area contributed by atoms with Gasteiger partial charge in [-0.05, 0) is 43.2 Å². The van der Waals surface area contributed by atoms with Gasteiger partial charge in [-0.15, -0.1) is 0 Å². The molecule has 0 bridgehead atoms. The molecule has 0 aliphatic heterocycles. The molecule has 1 aromatic heterocycles. The van der Waals surface area contributed by atoms with Crippen molar-refractivity contribution in [3.63, 3.8) is 0 Å². The van der Waals surface area contributed by atoms with Gasteiger partial charge in [-0.25, -0.2) is 4.79 Å².